The van der Waals surface area contributed by atoms with Crippen LogP contribution in [-0.4, -0.2) is 16.1 Å². The van der Waals surface area contributed by atoms with Crippen LogP contribution in [0.3, 0.4) is 0 Å². The van der Waals surface area contributed by atoms with Crippen LogP contribution in [0.5, 0.6) is 0 Å². The minimum atomic E-state index is -4.47. The first-order chi connectivity index (χ1) is 6.79. The van der Waals surface area contributed by atoms with Crippen molar-refractivity contribution >= 4 is 5.97 Å². The number of carbonyl (C=O) groups is 1. The molecule has 0 radical (unpaired) electrons. The van der Waals surface area contributed by atoms with E-state index in [2.05, 4.69) is 4.98 Å². The standard InChI is InChI=1S/C9H8F3NO2/c1-5-2-6(9(10,11)12)3-7(13-5)4-8(14)15/h2-3H,4H2,1H3,(H,14,15). The number of aryl methyl sites for hydroxylation is 1. The third-order valence-corrected chi connectivity index (χ3v) is 1.67. The number of aromatic nitrogens is 1. The Morgan fingerprint density at radius 2 is 2.07 bits per heavy atom. The molecule has 0 aliphatic carbocycles. The second kappa shape index (κ2) is 3.88. The molecule has 15 heavy (non-hydrogen) atoms. The molecule has 0 unspecified atom stereocenters. The van der Waals surface area contributed by atoms with E-state index in [1.165, 1.54) is 6.92 Å². The molecule has 0 bridgehead atoms. The Bertz CT molecular complexity index is 387. The topological polar surface area (TPSA) is 50.2 Å². The van der Waals surface area contributed by atoms with Gasteiger partial charge in [0, 0.05) is 5.69 Å². The van der Waals surface area contributed by atoms with E-state index in [1.807, 2.05) is 0 Å². The van der Waals surface area contributed by atoms with E-state index in [0.29, 0.717) is 0 Å². The quantitative estimate of drug-likeness (QED) is 0.827. The van der Waals surface area contributed by atoms with E-state index in [0.717, 1.165) is 12.1 Å². The largest absolute Gasteiger partial charge is 0.481 e. The van der Waals surface area contributed by atoms with E-state index in [4.69, 9.17) is 5.11 Å². The summed E-state index contributed by atoms with van der Waals surface area (Å²) in [4.78, 5) is 14.0. The number of rotatable bonds is 2. The van der Waals surface area contributed by atoms with Crippen LogP contribution in [0.2, 0.25) is 0 Å². The molecule has 3 nitrogen and oxygen atoms in total. The molecule has 0 saturated heterocycles. The average Bonchev–Trinajstić information content (AvgIpc) is 1.99. The Labute approximate surface area is 83.6 Å². The highest BCUT2D eigenvalue weighted by Crippen LogP contribution is 2.29. The van der Waals surface area contributed by atoms with Crippen molar-refractivity contribution in [2.75, 3.05) is 0 Å². The van der Waals surface area contributed by atoms with E-state index >= 15 is 0 Å². The van der Waals surface area contributed by atoms with Gasteiger partial charge in [0.25, 0.3) is 0 Å². The number of hydrogen-bond donors (Lipinski definition) is 1. The predicted octanol–water partition coefficient (Wildman–Crippen LogP) is 2.04. The van der Waals surface area contributed by atoms with Crippen LogP contribution in [0, 0.1) is 6.92 Å². The molecule has 1 rings (SSSR count). The van der Waals surface area contributed by atoms with Crippen molar-refractivity contribution in [3.05, 3.63) is 29.1 Å². The highest BCUT2D eigenvalue weighted by Gasteiger charge is 2.31. The van der Waals surface area contributed by atoms with Gasteiger partial charge in [-0.25, -0.2) is 0 Å². The van der Waals surface area contributed by atoms with Crippen LogP contribution in [0.15, 0.2) is 12.1 Å². The first-order valence-corrected chi connectivity index (χ1v) is 4.05. The lowest BCUT2D eigenvalue weighted by atomic mass is 10.1. The van der Waals surface area contributed by atoms with Gasteiger partial charge in [0.2, 0.25) is 0 Å². The van der Waals surface area contributed by atoms with Crippen molar-refractivity contribution in [1.29, 1.82) is 0 Å². The van der Waals surface area contributed by atoms with E-state index in [1.54, 1.807) is 0 Å². The lowest BCUT2D eigenvalue weighted by Crippen LogP contribution is -2.10. The minimum absolute atomic E-state index is 0.0881. The van der Waals surface area contributed by atoms with Gasteiger partial charge in [-0.1, -0.05) is 0 Å². The Morgan fingerprint density at radius 1 is 1.47 bits per heavy atom. The van der Waals surface area contributed by atoms with Gasteiger partial charge >= 0.3 is 12.1 Å². The number of hydrogen-bond acceptors (Lipinski definition) is 2. The van der Waals surface area contributed by atoms with Gasteiger partial charge in [-0.15, -0.1) is 0 Å². The number of pyridine rings is 1. The molecule has 0 fully saturated rings. The third-order valence-electron chi connectivity index (χ3n) is 1.67. The molecule has 1 N–H and O–H groups in total. The van der Waals surface area contributed by atoms with Crippen LogP contribution in [0.25, 0.3) is 0 Å². The highest BCUT2D eigenvalue weighted by atomic mass is 19.4. The van der Waals surface area contributed by atoms with Crippen LogP contribution < -0.4 is 0 Å². The van der Waals surface area contributed by atoms with Crippen LogP contribution >= 0.6 is 0 Å². The molecule has 0 aliphatic heterocycles. The fourth-order valence-corrected chi connectivity index (χ4v) is 1.15. The van der Waals surface area contributed by atoms with E-state index < -0.39 is 24.1 Å². The Kier molecular flexibility index (Phi) is 2.97. The maximum atomic E-state index is 12.3. The molecular formula is C9H8F3NO2. The summed E-state index contributed by atoms with van der Waals surface area (Å²) in [6, 6.07) is 1.63. The van der Waals surface area contributed by atoms with Crippen molar-refractivity contribution in [1.82, 2.24) is 4.98 Å². The lowest BCUT2D eigenvalue weighted by molar-refractivity contribution is -0.139. The van der Waals surface area contributed by atoms with Gasteiger partial charge in [-0.05, 0) is 19.1 Å². The Balaban J connectivity index is 3.11. The van der Waals surface area contributed by atoms with Gasteiger partial charge in [-0.2, -0.15) is 13.2 Å². The summed E-state index contributed by atoms with van der Waals surface area (Å²) < 4.78 is 36.9. The predicted molar refractivity (Wildman–Crippen MR) is 45.3 cm³/mol. The van der Waals surface area contributed by atoms with Crippen LogP contribution in [0.1, 0.15) is 17.0 Å². The smallest absolute Gasteiger partial charge is 0.416 e. The average molecular weight is 219 g/mol. The number of alkyl halides is 3. The maximum absolute atomic E-state index is 12.3. The van der Waals surface area contributed by atoms with Crippen LogP contribution in [-0.2, 0) is 17.4 Å². The molecule has 1 aromatic heterocycles. The van der Waals surface area contributed by atoms with Gasteiger partial charge in [0.15, 0.2) is 0 Å². The van der Waals surface area contributed by atoms with Crippen molar-refractivity contribution < 1.29 is 23.1 Å². The molecule has 0 spiro atoms. The number of carboxylic acid groups (broad SMARTS) is 1. The first-order valence-electron chi connectivity index (χ1n) is 4.05. The minimum Gasteiger partial charge on any atom is -0.481 e. The fourth-order valence-electron chi connectivity index (χ4n) is 1.15. The fraction of sp³-hybridized carbons (Fsp3) is 0.333. The molecular weight excluding hydrogens is 211 g/mol. The summed E-state index contributed by atoms with van der Waals surface area (Å²) in [6.45, 7) is 1.39. The molecule has 1 heterocycles. The van der Waals surface area contributed by atoms with Crippen molar-refractivity contribution in [2.24, 2.45) is 0 Å². The van der Waals surface area contributed by atoms with Crippen molar-refractivity contribution in [3.8, 4) is 0 Å². The number of halogens is 3. The van der Waals surface area contributed by atoms with E-state index in [9.17, 15) is 18.0 Å². The van der Waals surface area contributed by atoms with Gasteiger partial charge in [0.1, 0.15) is 0 Å². The van der Waals surface area contributed by atoms with E-state index in [-0.39, 0.29) is 11.4 Å². The zero-order valence-electron chi connectivity index (χ0n) is 7.80. The molecule has 82 valence electrons. The van der Waals surface area contributed by atoms with Gasteiger partial charge in [-0.3, -0.25) is 9.78 Å². The summed E-state index contributed by atoms with van der Waals surface area (Å²) in [6.07, 6.45) is -4.98. The molecule has 0 saturated carbocycles. The first kappa shape index (κ1) is 11.5. The molecule has 1 aromatic rings. The van der Waals surface area contributed by atoms with Crippen molar-refractivity contribution in [2.45, 2.75) is 19.5 Å². The SMILES string of the molecule is Cc1cc(C(F)(F)F)cc(CC(=O)O)n1. The summed E-state index contributed by atoms with van der Waals surface area (Å²) in [5.41, 5.74) is -0.804. The van der Waals surface area contributed by atoms with Crippen molar-refractivity contribution in [3.63, 3.8) is 0 Å². The summed E-state index contributed by atoms with van der Waals surface area (Å²) in [7, 11) is 0. The Hall–Kier alpha value is -1.59. The molecule has 0 aliphatic rings. The highest BCUT2D eigenvalue weighted by molar-refractivity contribution is 5.69. The maximum Gasteiger partial charge on any atom is 0.416 e. The summed E-state index contributed by atoms with van der Waals surface area (Å²) in [5, 5.41) is 8.43. The molecule has 6 heteroatoms. The summed E-state index contributed by atoms with van der Waals surface area (Å²) in [5.74, 6) is -1.21. The number of nitrogens with zero attached hydrogens (tertiary/aromatic N) is 1. The zero-order valence-corrected chi connectivity index (χ0v) is 7.80. The Morgan fingerprint density at radius 3 is 2.53 bits per heavy atom. The number of aliphatic carboxylic acids is 1. The second-order valence-corrected chi connectivity index (χ2v) is 3.06. The molecule has 0 amide bonds. The van der Waals surface area contributed by atoms with Gasteiger partial charge < -0.3 is 5.11 Å². The van der Waals surface area contributed by atoms with Crippen LogP contribution in [0.4, 0.5) is 13.2 Å². The van der Waals surface area contributed by atoms with Gasteiger partial charge in [0.05, 0.1) is 17.7 Å². The monoisotopic (exact) mass is 219 g/mol. The normalized spacial score (nSPS) is 11.5. The number of carboxylic acids is 1. The summed E-state index contributed by atoms with van der Waals surface area (Å²) >= 11 is 0. The second-order valence-electron chi connectivity index (χ2n) is 3.06. The lowest BCUT2D eigenvalue weighted by Gasteiger charge is -2.08. The zero-order chi connectivity index (χ0) is 11.6. The molecule has 0 atom stereocenters. The molecule has 0 aromatic carbocycles. The third kappa shape index (κ3) is 3.23.